The Labute approximate surface area is 178 Å². The van der Waals surface area contributed by atoms with Gasteiger partial charge in [-0.1, -0.05) is 12.1 Å². The molecule has 0 heterocycles. The third-order valence-electron chi connectivity index (χ3n) is 4.33. The number of halogens is 1. The number of primary sulfonamides is 1. The van der Waals surface area contributed by atoms with E-state index in [-0.39, 0.29) is 28.9 Å². The summed E-state index contributed by atoms with van der Waals surface area (Å²) < 4.78 is 22.5. The van der Waals surface area contributed by atoms with E-state index in [0.29, 0.717) is 12.6 Å². The van der Waals surface area contributed by atoms with Gasteiger partial charge in [-0.3, -0.25) is 4.99 Å². The first-order valence-electron chi connectivity index (χ1n) is 8.61. The minimum atomic E-state index is -3.63. The van der Waals surface area contributed by atoms with Crippen molar-refractivity contribution in [3.05, 3.63) is 29.8 Å². The van der Waals surface area contributed by atoms with E-state index < -0.39 is 10.0 Å². The van der Waals surface area contributed by atoms with E-state index in [1.165, 1.54) is 19.3 Å². The smallest absolute Gasteiger partial charge is 0.238 e. The third-order valence-corrected chi connectivity index (χ3v) is 6.35. The van der Waals surface area contributed by atoms with Crippen LogP contribution in [0.4, 0.5) is 0 Å². The number of thioether (sulfide) groups is 1. The Morgan fingerprint density at radius 3 is 2.54 bits per heavy atom. The first-order chi connectivity index (χ1) is 11.9. The molecule has 4 N–H and O–H groups in total. The van der Waals surface area contributed by atoms with Gasteiger partial charge in [0, 0.05) is 24.4 Å². The van der Waals surface area contributed by atoms with Crippen molar-refractivity contribution in [2.24, 2.45) is 10.1 Å². The zero-order valence-electron chi connectivity index (χ0n) is 15.3. The molecular formula is C17H29IN4O2S2. The van der Waals surface area contributed by atoms with Gasteiger partial charge in [0.05, 0.1) is 4.90 Å². The van der Waals surface area contributed by atoms with Crippen LogP contribution in [0.15, 0.2) is 34.2 Å². The number of nitrogens with one attached hydrogen (secondary N) is 2. The number of sulfonamides is 1. The first kappa shape index (κ1) is 23.5. The molecule has 148 valence electrons. The summed E-state index contributed by atoms with van der Waals surface area (Å²) in [5.74, 6) is 0.857. The fourth-order valence-electron chi connectivity index (χ4n) is 2.94. The Morgan fingerprint density at radius 2 is 2.00 bits per heavy atom. The lowest BCUT2D eigenvalue weighted by Gasteiger charge is -2.17. The minimum Gasteiger partial charge on any atom is -0.357 e. The summed E-state index contributed by atoms with van der Waals surface area (Å²) in [7, 11) is -3.63. The van der Waals surface area contributed by atoms with Gasteiger partial charge in [-0.05, 0) is 56.6 Å². The molecule has 0 saturated heterocycles. The summed E-state index contributed by atoms with van der Waals surface area (Å²) >= 11 is 1.94. The SMILES string of the molecule is CCNC(=NCCc1ccc(S(N)(=O)=O)cc1)NC1CCC(SC)C1.I. The average Bonchev–Trinajstić information content (AvgIpc) is 3.02. The Kier molecular flexibility index (Phi) is 10.3. The molecule has 9 heteroatoms. The van der Waals surface area contributed by atoms with Crippen LogP contribution >= 0.6 is 35.7 Å². The molecule has 0 bridgehead atoms. The number of hydrogen-bond donors (Lipinski definition) is 3. The Bertz CT molecular complexity index is 681. The summed E-state index contributed by atoms with van der Waals surface area (Å²) in [5.41, 5.74) is 1.04. The normalized spacial score (nSPS) is 20.5. The fraction of sp³-hybridized carbons (Fsp3) is 0.588. The molecule has 1 aliphatic carbocycles. The van der Waals surface area contributed by atoms with E-state index in [9.17, 15) is 8.42 Å². The third kappa shape index (κ3) is 7.61. The van der Waals surface area contributed by atoms with E-state index in [2.05, 4.69) is 28.8 Å². The standard InChI is InChI=1S/C17H28N4O2S2.HI/c1-3-19-17(21-14-6-7-15(12-14)24-2)20-11-10-13-4-8-16(9-5-13)25(18,22)23;/h4-5,8-9,14-15H,3,6-7,10-12H2,1-2H3,(H2,18,22,23)(H2,19,20,21);1H. The van der Waals surface area contributed by atoms with Gasteiger partial charge < -0.3 is 10.6 Å². The molecule has 2 unspecified atom stereocenters. The lowest BCUT2D eigenvalue weighted by atomic mass is 10.1. The number of guanidine groups is 1. The lowest BCUT2D eigenvalue weighted by molar-refractivity contribution is 0.598. The zero-order valence-corrected chi connectivity index (χ0v) is 19.2. The second kappa shape index (κ2) is 11.4. The predicted molar refractivity (Wildman–Crippen MR) is 121 cm³/mol. The maximum Gasteiger partial charge on any atom is 0.238 e. The van der Waals surface area contributed by atoms with Gasteiger partial charge in [-0.15, -0.1) is 24.0 Å². The van der Waals surface area contributed by atoms with Crippen molar-refractivity contribution in [1.29, 1.82) is 0 Å². The van der Waals surface area contributed by atoms with Crippen molar-refractivity contribution >= 4 is 51.7 Å². The van der Waals surface area contributed by atoms with E-state index >= 15 is 0 Å². The van der Waals surface area contributed by atoms with E-state index in [1.807, 2.05) is 11.8 Å². The number of hydrogen-bond acceptors (Lipinski definition) is 4. The summed E-state index contributed by atoms with van der Waals surface area (Å²) in [6.45, 7) is 3.53. The highest BCUT2D eigenvalue weighted by Gasteiger charge is 2.24. The second-order valence-electron chi connectivity index (χ2n) is 6.21. The predicted octanol–water partition coefficient (Wildman–Crippen LogP) is 2.33. The van der Waals surface area contributed by atoms with Crippen molar-refractivity contribution in [2.75, 3.05) is 19.3 Å². The van der Waals surface area contributed by atoms with Crippen LogP contribution in [0.5, 0.6) is 0 Å². The number of nitrogens with zero attached hydrogens (tertiary/aromatic N) is 1. The Balaban J connectivity index is 0.00000338. The highest BCUT2D eigenvalue weighted by Crippen LogP contribution is 2.28. The van der Waals surface area contributed by atoms with Crippen LogP contribution in [0.2, 0.25) is 0 Å². The highest BCUT2D eigenvalue weighted by molar-refractivity contribution is 14.0. The molecule has 1 aromatic carbocycles. The first-order valence-corrected chi connectivity index (χ1v) is 11.4. The molecule has 0 radical (unpaired) electrons. The molecule has 1 saturated carbocycles. The number of nitrogens with two attached hydrogens (primary N) is 1. The highest BCUT2D eigenvalue weighted by atomic mass is 127. The molecule has 1 fully saturated rings. The molecular weight excluding hydrogens is 483 g/mol. The average molecular weight is 512 g/mol. The number of rotatable bonds is 7. The van der Waals surface area contributed by atoms with Crippen molar-refractivity contribution in [1.82, 2.24) is 10.6 Å². The van der Waals surface area contributed by atoms with Gasteiger partial charge in [0.25, 0.3) is 0 Å². The van der Waals surface area contributed by atoms with Crippen LogP contribution in [0, 0.1) is 0 Å². The van der Waals surface area contributed by atoms with Gasteiger partial charge in [0.2, 0.25) is 10.0 Å². The van der Waals surface area contributed by atoms with Crippen LogP contribution < -0.4 is 15.8 Å². The largest absolute Gasteiger partial charge is 0.357 e. The van der Waals surface area contributed by atoms with Crippen molar-refractivity contribution in [3.8, 4) is 0 Å². The van der Waals surface area contributed by atoms with Crippen LogP contribution in [-0.2, 0) is 16.4 Å². The van der Waals surface area contributed by atoms with Crippen molar-refractivity contribution in [3.63, 3.8) is 0 Å². The van der Waals surface area contributed by atoms with Gasteiger partial charge in [0.1, 0.15) is 0 Å². The zero-order chi connectivity index (χ0) is 18.3. The number of aliphatic imine (C=N–C) groups is 1. The summed E-state index contributed by atoms with van der Waals surface area (Å²) in [6.07, 6.45) is 6.55. The van der Waals surface area contributed by atoms with E-state index in [4.69, 9.17) is 5.14 Å². The van der Waals surface area contributed by atoms with Crippen LogP contribution in [0.3, 0.4) is 0 Å². The fourth-order valence-corrected chi connectivity index (χ4v) is 4.25. The van der Waals surface area contributed by atoms with E-state index in [0.717, 1.165) is 29.7 Å². The Hall–Kier alpha value is -0.520. The topological polar surface area (TPSA) is 96.6 Å². The molecule has 1 aliphatic rings. The summed E-state index contributed by atoms with van der Waals surface area (Å²) in [4.78, 5) is 4.78. The monoisotopic (exact) mass is 512 g/mol. The molecule has 2 rings (SSSR count). The van der Waals surface area contributed by atoms with Gasteiger partial charge in [-0.2, -0.15) is 11.8 Å². The maximum absolute atomic E-state index is 11.3. The lowest BCUT2D eigenvalue weighted by Crippen LogP contribution is -2.42. The molecule has 0 amide bonds. The summed E-state index contributed by atoms with van der Waals surface area (Å²) in [5, 5.41) is 12.7. The Morgan fingerprint density at radius 1 is 1.31 bits per heavy atom. The van der Waals surface area contributed by atoms with Gasteiger partial charge in [0.15, 0.2) is 5.96 Å². The maximum atomic E-state index is 11.3. The molecule has 0 spiro atoms. The van der Waals surface area contributed by atoms with Crippen LogP contribution in [0.1, 0.15) is 31.7 Å². The molecule has 6 nitrogen and oxygen atoms in total. The van der Waals surface area contributed by atoms with Crippen LogP contribution in [-0.4, -0.2) is 45.0 Å². The number of benzene rings is 1. The van der Waals surface area contributed by atoms with E-state index in [1.54, 1.807) is 24.3 Å². The summed E-state index contributed by atoms with van der Waals surface area (Å²) in [6, 6.07) is 7.15. The molecule has 26 heavy (non-hydrogen) atoms. The quantitative estimate of drug-likeness (QED) is 0.296. The van der Waals surface area contributed by atoms with Crippen molar-refractivity contribution < 1.29 is 8.42 Å². The van der Waals surface area contributed by atoms with Crippen molar-refractivity contribution in [2.45, 2.75) is 48.8 Å². The minimum absolute atomic E-state index is 0. The molecule has 2 atom stereocenters. The van der Waals surface area contributed by atoms with Gasteiger partial charge in [-0.25, -0.2) is 13.6 Å². The molecule has 0 aromatic heterocycles. The molecule has 0 aliphatic heterocycles. The van der Waals surface area contributed by atoms with Crippen LogP contribution in [0.25, 0.3) is 0 Å². The van der Waals surface area contributed by atoms with Gasteiger partial charge >= 0.3 is 0 Å². The second-order valence-corrected chi connectivity index (χ2v) is 8.91. The molecule has 1 aromatic rings.